The van der Waals surface area contributed by atoms with Crippen LogP contribution in [0.5, 0.6) is 0 Å². The van der Waals surface area contributed by atoms with Gasteiger partial charge in [0.1, 0.15) is 5.82 Å². The zero-order valence-corrected chi connectivity index (χ0v) is 16.2. The van der Waals surface area contributed by atoms with Crippen LogP contribution in [0.2, 0.25) is 0 Å². The number of nitrogens with one attached hydrogen (secondary N) is 1. The molecule has 0 bridgehead atoms. The number of fused-ring (bicyclic) bond motifs is 1. The number of carbonyl (C=O) groups is 1. The van der Waals surface area contributed by atoms with E-state index in [9.17, 15) is 18.0 Å². The van der Waals surface area contributed by atoms with Crippen molar-refractivity contribution in [3.8, 4) is 11.1 Å². The number of morpholine rings is 1. The number of alkyl halides is 3. The fraction of sp³-hybridized carbons (Fsp3) is 0.350. The number of nitrogens with zero attached hydrogens (tertiary/aromatic N) is 4. The van der Waals surface area contributed by atoms with Gasteiger partial charge in [-0.15, -0.1) is 0 Å². The van der Waals surface area contributed by atoms with Crippen molar-refractivity contribution in [1.29, 1.82) is 0 Å². The number of pyridine rings is 1. The first-order valence-corrected chi connectivity index (χ1v) is 9.37. The lowest BCUT2D eigenvalue weighted by Gasteiger charge is -2.34. The van der Waals surface area contributed by atoms with Gasteiger partial charge in [-0.25, -0.2) is 4.98 Å². The first-order chi connectivity index (χ1) is 14.3. The molecule has 1 saturated heterocycles. The molecule has 1 amide bonds. The van der Waals surface area contributed by atoms with Crippen molar-refractivity contribution in [3.05, 3.63) is 42.2 Å². The van der Waals surface area contributed by atoms with Crippen LogP contribution in [-0.2, 0) is 23.1 Å². The molecule has 158 valence electrons. The molecular formula is C20H20F3N5O2. The molecule has 3 heterocycles. The van der Waals surface area contributed by atoms with Crippen molar-refractivity contribution in [3.63, 3.8) is 0 Å². The minimum absolute atomic E-state index is 0.0195. The van der Waals surface area contributed by atoms with Gasteiger partial charge in [0, 0.05) is 49.4 Å². The molecule has 3 aromatic rings. The highest BCUT2D eigenvalue weighted by Gasteiger charge is 2.43. The first-order valence-electron chi connectivity index (χ1n) is 9.37. The second-order valence-electron chi connectivity index (χ2n) is 7.17. The van der Waals surface area contributed by atoms with Crippen molar-refractivity contribution in [2.24, 2.45) is 7.05 Å². The van der Waals surface area contributed by atoms with Crippen LogP contribution >= 0.6 is 0 Å². The maximum atomic E-state index is 13.1. The summed E-state index contributed by atoms with van der Waals surface area (Å²) < 4.78 is 45.9. The van der Waals surface area contributed by atoms with Crippen molar-refractivity contribution < 1.29 is 22.7 Å². The average Bonchev–Trinajstić information content (AvgIpc) is 3.13. The number of hydrogen-bond donors (Lipinski definition) is 1. The number of aromatic nitrogens is 3. The molecule has 0 unspecified atom stereocenters. The Morgan fingerprint density at radius 3 is 2.80 bits per heavy atom. The summed E-state index contributed by atoms with van der Waals surface area (Å²) in [5.74, 6) is 0.392. The lowest BCUT2D eigenvalue weighted by molar-refractivity contribution is -0.237. The molecule has 1 aromatic carbocycles. The molecule has 0 saturated carbocycles. The van der Waals surface area contributed by atoms with E-state index in [0.29, 0.717) is 30.8 Å². The Labute approximate surface area is 170 Å². The van der Waals surface area contributed by atoms with Gasteiger partial charge in [0.2, 0.25) is 6.41 Å². The third-order valence-corrected chi connectivity index (χ3v) is 5.06. The van der Waals surface area contributed by atoms with Crippen molar-refractivity contribution in [1.82, 2.24) is 19.7 Å². The van der Waals surface area contributed by atoms with E-state index >= 15 is 0 Å². The van der Waals surface area contributed by atoms with Crippen LogP contribution in [0.4, 0.5) is 19.0 Å². The van der Waals surface area contributed by atoms with Crippen LogP contribution in [0.25, 0.3) is 22.0 Å². The summed E-state index contributed by atoms with van der Waals surface area (Å²) >= 11 is 0. The van der Waals surface area contributed by atoms with Crippen LogP contribution in [0.1, 0.15) is 5.56 Å². The highest BCUT2D eigenvalue weighted by molar-refractivity contribution is 5.96. The molecule has 2 aromatic heterocycles. The second-order valence-corrected chi connectivity index (χ2v) is 7.17. The monoisotopic (exact) mass is 419 g/mol. The summed E-state index contributed by atoms with van der Waals surface area (Å²) in [5, 5.41) is 7.62. The second kappa shape index (κ2) is 8.04. The molecule has 0 spiro atoms. The van der Waals surface area contributed by atoms with Crippen molar-refractivity contribution >= 4 is 23.1 Å². The standard InChI is InChI=1S/C20H20F3N5O2/c1-27-9-15(8-25-27)18-14(10-28-6-7-30-16(11-28)20(21,22)23)3-2-13-4-5-17(24-12-29)26-19(13)18/h2-5,8-9,12,16H,6-7,10-11H2,1H3,(H,24,26,29)/t16-/m0/s1. The molecule has 7 nitrogen and oxygen atoms in total. The quantitative estimate of drug-likeness (QED) is 0.644. The van der Waals surface area contributed by atoms with Gasteiger partial charge >= 0.3 is 6.18 Å². The molecule has 1 aliphatic rings. The van der Waals surface area contributed by atoms with Crippen molar-refractivity contribution in [2.75, 3.05) is 25.0 Å². The molecule has 1 atom stereocenters. The number of rotatable bonds is 5. The van der Waals surface area contributed by atoms with E-state index in [0.717, 1.165) is 22.1 Å². The van der Waals surface area contributed by atoms with Crippen LogP contribution in [0, 0.1) is 0 Å². The Balaban J connectivity index is 1.76. The fourth-order valence-electron chi connectivity index (χ4n) is 3.66. The van der Waals surface area contributed by atoms with Crippen molar-refractivity contribution in [2.45, 2.75) is 18.8 Å². The lowest BCUT2D eigenvalue weighted by atomic mass is 9.97. The number of benzene rings is 1. The minimum Gasteiger partial charge on any atom is -0.366 e. The van der Waals surface area contributed by atoms with Gasteiger partial charge in [0.05, 0.1) is 18.3 Å². The number of halogens is 3. The van der Waals surface area contributed by atoms with E-state index in [4.69, 9.17) is 4.74 Å². The zero-order chi connectivity index (χ0) is 21.3. The number of anilines is 1. The lowest BCUT2D eigenvalue weighted by Crippen LogP contribution is -2.48. The van der Waals surface area contributed by atoms with E-state index in [1.54, 1.807) is 28.9 Å². The first kappa shape index (κ1) is 20.3. The number of hydrogen-bond acceptors (Lipinski definition) is 5. The molecule has 30 heavy (non-hydrogen) atoms. The molecule has 0 aliphatic carbocycles. The fourth-order valence-corrected chi connectivity index (χ4v) is 3.66. The Morgan fingerprint density at radius 2 is 2.10 bits per heavy atom. The molecule has 4 rings (SSSR count). The summed E-state index contributed by atoms with van der Waals surface area (Å²) in [6.07, 6.45) is -2.12. The SMILES string of the molecule is Cn1cc(-c2c(CN3CCO[C@H](C(F)(F)F)C3)ccc3ccc(NC=O)nc23)cn1. The predicted molar refractivity (Wildman–Crippen MR) is 105 cm³/mol. The molecule has 0 radical (unpaired) electrons. The van der Waals surface area contributed by atoms with Gasteiger partial charge < -0.3 is 10.1 Å². The molecule has 1 aliphatic heterocycles. The third-order valence-electron chi connectivity index (χ3n) is 5.06. The zero-order valence-electron chi connectivity index (χ0n) is 16.2. The normalized spacial score (nSPS) is 17.9. The Kier molecular flexibility index (Phi) is 5.44. The van der Waals surface area contributed by atoms with E-state index in [1.165, 1.54) is 0 Å². The van der Waals surface area contributed by atoms with E-state index in [2.05, 4.69) is 15.4 Å². The maximum absolute atomic E-state index is 13.1. The van der Waals surface area contributed by atoms with E-state index < -0.39 is 12.3 Å². The largest absolute Gasteiger partial charge is 0.415 e. The molecule has 1 N–H and O–H groups in total. The number of ether oxygens (including phenoxy) is 1. The highest BCUT2D eigenvalue weighted by Crippen LogP contribution is 2.33. The summed E-state index contributed by atoms with van der Waals surface area (Å²) in [6.45, 7) is 0.500. The van der Waals surface area contributed by atoms with Gasteiger partial charge in [-0.3, -0.25) is 14.4 Å². The number of carbonyl (C=O) groups excluding carboxylic acids is 1. The molecule has 10 heteroatoms. The summed E-state index contributed by atoms with van der Waals surface area (Å²) in [5.41, 5.74) is 3.06. The van der Waals surface area contributed by atoms with E-state index in [-0.39, 0.29) is 13.2 Å². The van der Waals surface area contributed by atoms with E-state index in [1.807, 2.05) is 24.4 Å². The van der Waals surface area contributed by atoms with Gasteiger partial charge in [-0.05, 0) is 17.7 Å². The van der Waals surface area contributed by atoms with Gasteiger partial charge in [-0.1, -0.05) is 12.1 Å². The van der Waals surface area contributed by atoms with Gasteiger partial charge in [-0.2, -0.15) is 18.3 Å². The summed E-state index contributed by atoms with van der Waals surface area (Å²) in [4.78, 5) is 17.1. The molecular weight excluding hydrogens is 399 g/mol. The smallest absolute Gasteiger partial charge is 0.366 e. The Bertz CT molecular complexity index is 1070. The highest BCUT2D eigenvalue weighted by atomic mass is 19.4. The van der Waals surface area contributed by atoms with Crippen LogP contribution in [0.15, 0.2) is 36.7 Å². The van der Waals surface area contributed by atoms with Crippen LogP contribution in [-0.4, -0.2) is 58.1 Å². The average molecular weight is 419 g/mol. The maximum Gasteiger partial charge on any atom is 0.415 e. The minimum atomic E-state index is -4.40. The number of amides is 1. The third kappa shape index (κ3) is 4.14. The predicted octanol–water partition coefficient (Wildman–Crippen LogP) is 2.97. The topological polar surface area (TPSA) is 72.3 Å². The number of aryl methyl sites for hydroxylation is 1. The van der Waals surface area contributed by atoms with Gasteiger partial charge in [0.15, 0.2) is 6.10 Å². The summed E-state index contributed by atoms with van der Waals surface area (Å²) in [6, 6.07) is 7.31. The Morgan fingerprint density at radius 1 is 1.30 bits per heavy atom. The Hall–Kier alpha value is -2.98. The van der Waals surface area contributed by atoms with Crippen LogP contribution in [0.3, 0.4) is 0 Å². The molecule has 1 fully saturated rings. The van der Waals surface area contributed by atoms with Crippen LogP contribution < -0.4 is 5.32 Å². The van der Waals surface area contributed by atoms with Gasteiger partial charge in [0.25, 0.3) is 0 Å². The summed E-state index contributed by atoms with van der Waals surface area (Å²) in [7, 11) is 1.79.